The highest BCUT2D eigenvalue weighted by atomic mass is 32.2. The van der Waals surface area contributed by atoms with E-state index < -0.39 is 10.0 Å². The first kappa shape index (κ1) is 23.3. The van der Waals surface area contributed by atoms with Crippen LogP contribution in [-0.2, 0) is 10.0 Å². The molecule has 1 aromatic heterocycles. The van der Waals surface area contributed by atoms with E-state index in [2.05, 4.69) is 53.5 Å². The van der Waals surface area contributed by atoms with Crippen molar-refractivity contribution in [3.63, 3.8) is 0 Å². The number of carbonyl (C=O) groups excluding carboxylic acids is 1. The minimum Gasteiger partial charge on any atom is -0.294 e. The molecule has 1 saturated heterocycles. The summed E-state index contributed by atoms with van der Waals surface area (Å²) in [5, 5.41) is 7.62. The van der Waals surface area contributed by atoms with Gasteiger partial charge in [-0.05, 0) is 54.0 Å². The Hall–Kier alpha value is -2.90. The standard InChI is InChI=1S/C26H29N3O3S/c1-19-5-3-4-6-24(19)25(17-26(30)23-11-14-27-28-18-23)22-9-7-20(8-10-22)21-12-15-29(16-13-21)33(2,31)32/h3-11,14,18,21,25H,12-13,15-17H2,1-2H3. The van der Waals surface area contributed by atoms with Crippen molar-refractivity contribution in [3.05, 3.63) is 94.8 Å². The van der Waals surface area contributed by atoms with Crippen LogP contribution in [0.25, 0.3) is 0 Å². The maximum absolute atomic E-state index is 13.0. The van der Waals surface area contributed by atoms with Crippen molar-refractivity contribution in [1.82, 2.24) is 14.5 Å². The molecule has 1 fully saturated rings. The lowest BCUT2D eigenvalue weighted by Gasteiger charge is -2.30. The number of carbonyl (C=O) groups is 1. The van der Waals surface area contributed by atoms with E-state index in [4.69, 9.17) is 0 Å². The van der Waals surface area contributed by atoms with Gasteiger partial charge in [-0.15, -0.1) is 0 Å². The highest BCUT2D eigenvalue weighted by Crippen LogP contribution is 2.34. The summed E-state index contributed by atoms with van der Waals surface area (Å²) >= 11 is 0. The summed E-state index contributed by atoms with van der Waals surface area (Å²) in [5.41, 5.74) is 5.18. The number of aromatic nitrogens is 2. The lowest BCUT2D eigenvalue weighted by atomic mass is 9.82. The van der Waals surface area contributed by atoms with Gasteiger partial charge in [0.25, 0.3) is 0 Å². The molecule has 0 spiro atoms. The van der Waals surface area contributed by atoms with E-state index in [1.807, 2.05) is 12.1 Å². The smallest absolute Gasteiger partial charge is 0.211 e. The molecule has 1 aliphatic rings. The second kappa shape index (κ2) is 9.93. The van der Waals surface area contributed by atoms with Crippen LogP contribution in [0.15, 0.2) is 67.0 Å². The lowest BCUT2D eigenvalue weighted by Crippen LogP contribution is -2.37. The fourth-order valence-electron chi connectivity index (χ4n) is 4.67. The van der Waals surface area contributed by atoms with Crippen LogP contribution in [0.4, 0.5) is 0 Å². The zero-order chi connectivity index (χ0) is 23.4. The lowest BCUT2D eigenvalue weighted by molar-refractivity contribution is 0.0977. The fraction of sp³-hybridized carbons (Fsp3) is 0.346. The highest BCUT2D eigenvalue weighted by Gasteiger charge is 2.26. The molecule has 1 unspecified atom stereocenters. The molecule has 2 aromatic carbocycles. The molecule has 2 heterocycles. The van der Waals surface area contributed by atoms with Crippen LogP contribution in [0, 0.1) is 6.92 Å². The van der Waals surface area contributed by atoms with Crippen LogP contribution < -0.4 is 0 Å². The molecule has 7 heteroatoms. The van der Waals surface area contributed by atoms with Gasteiger partial charge in [0.05, 0.1) is 18.6 Å². The minimum atomic E-state index is -3.13. The first-order valence-electron chi connectivity index (χ1n) is 11.2. The molecule has 0 amide bonds. The molecule has 1 aliphatic heterocycles. The second-order valence-electron chi connectivity index (χ2n) is 8.77. The Labute approximate surface area is 195 Å². The number of nitrogens with zero attached hydrogens (tertiary/aromatic N) is 3. The minimum absolute atomic E-state index is 0.0374. The Balaban J connectivity index is 1.56. The Morgan fingerprint density at radius 2 is 1.73 bits per heavy atom. The number of sulfonamides is 1. The Morgan fingerprint density at radius 3 is 2.33 bits per heavy atom. The van der Waals surface area contributed by atoms with Crippen molar-refractivity contribution in [1.29, 1.82) is 0 Å². The highest BCUT2D eigenvalue weighted by molar-refractivity contribution is 7.88. The summed E-state index contributed by atoms with van der Waals surface area (Å²) in [4.78, 5) is 13.0. The number of piperidine rings is 1. The van der Waals surface area contributed by atoms with Crippen molar-refractivity contribution in [2.45, 2.75) is 38.0 Å². The van der Waals surface area contributed by atoms with Gasteiger partial charge in [0.1, 0.15) is 0 Å². The molecule has 1 atom stereocenters. The van der Waals surface area contributed by atoms with Gasteiger partial charge in [0.15, 0.2) is 5.78 Å². The van der Waals surface area contributed by atoms with Crippen molar-refractivity contribution in [3.8, 4) is 0 Å². The molecule has 3 aromatic rings. The monoisotopic (exact) mass is 463 g/mol. The SMILES string of the molecule is Cc1ccccc1C(CC(=O)c1ccnnc1)c1ccc(C2CCN(S(C)(=O)=O)CC2)cc1. The zero-order valence-electron chi connectivity index (χ0n) is 19.0. The maximum atomic E-state index is 13.0. The number of hydrogen-bond acceptors (Lipinski definition) is 5. The third kappa shape index (κ3) is 5.54. The van der Waals surface area contributed by atoms with Crippen LogP contribution in [0.3, 0.4) is 0 Å². The number of rotatable bonds is 7. The predicted molar refractivity (Wildman–Crippen MR) is 129 cm³/mol. The topological polar surface area (TPSA) is 80.2 Å². The summed E-state index contributed by atoms with van der Waals surface area (Å²) in [6.07, 6.45) is 6.32. The molecule has 33 heavy (non-hydrogen) atoms. The number of aryl methyl sites for hydroxylation is 1. The molecule has 0 aliphatic carbocycles. The van der Waals surface area contributed by atoms with E-state index in [0.717, 1.165) is 29.5 Å². The molecule has 172 valence electrons. The molecule has 0 bridgehead atoms. The van der Waals surface area contributed by atoms with Gasteiger partial charge in [0, 0.05) is 31.0 Å². The summed E-state index contributed by atoms with van der Waals surface area (Å²) in [5.74, 6) is 0.321. The molecular formula is C26H29N3O3S. The Kier molecular flexibility index (Phi) is 7.00. The molecule has 0 N–H and O–H groups in total. The van der Waals surface area contributed by atoms with Crippen molar-refractivity contribution in [2.75, 3.05) is 19.3 Å². The van der Waals surface area contributed by atoms with Gasteiger partial charge in [-0.2, -0.15) is 10.2 Å². The number of ketones is 1. The average Bonchev–Trinajstić information content (AvgIpc) is 2.83. The Morgan fingerprint density at radius 1 is 1.03 bits per heavy atom. The van der Waals surface area contributed by atoms with Crippen LogP contribution in [0.1, 0.15) is 63.7 Å². The van der Waals surface area contributed by atoms with Crippen LogP contribution >= 0.6 is 0 Å². The van der Waals surface area contributed by atoms with E-state index in [1.165, 1.54) is 18.0 Å². The van der Waals surface area contributed by atoms with Crippen LogP contribution in [0.5, 0.6) is 0 Å². The largest absolute Gasteiger partial charge is 0.294 e. The molecule has 0 saturated carbocycles. The van der Waals surface area contributed by atoms with Gasteiger partial charge in [-0.3, -0.25) is 4.79 Å². The summed E-state index contributed by atoms with van der Waals surface area (Å²) in [6, 6.07) is 18.4. The van der Waals surface area contributed by atoms with Gasteiger partial charge in [-0.25, -0.2) is 12.7 Å². The van der Waals surface area contributed by atoms with Crippen LogP contribution in [0.2, 0.25) is 0 Å². The first-order valence-corrected chi connectivity index (χ1v) is 13.1. The number of hydrogen-bond donors (Lipinski definition) is 0. The van der Waals surface area contributed by atoms with Gasteiger partial charge >= 0.3 is 0 Å². The van der Waals surface area contributed by atoms with E-state index in [0.29, 0.717) is 31.0 Å². The van der Waals surface area contributed by atoms with E-state index in [9.17, 15) is 13.2 Å². The summed E-state index contributed by atoms with van der Waals surface area (Å²) in [7, 11) is -3.13. The maximum Gasteiger partial charge on any atom is 0.211 e. The van der Waals surface area contributed by atoms with Crippen molar-refractivity contribution in [2.24, 2.45) is 0 Å². The molecule has 4 rings (SSSR count). The predicted octanol–water partition coefficient (Wildman–Crippen LogP) is 4.33. The third-order valence-corrected chi connectivity index (χ3v) is 7.90. The molecule has 6 nitrogen and oxygen atoms in total. The number of benzene rings is 2. The third-order valence-electron chi connectivity index (χ3n) is 6.59. The number of Topliss-reactive ketones (excluding diaryl/α,β-unsaturated/α-hetero) is 1. The van der Waals surface area contributed by atoms with E-state index in [1.54, 1.807) is 16.6 Å². The van der Waals surface area contributed by atoms with Gasteiger partial charge in [-0.1, -0.05) is 48.5 Å². The summed E-state index contributed by atoms with van der Waals surface area (Å²) in [6.45, 7) is 3.20. The molecule has 0 radical (unpaired) electrons. The van der Waals surface area contributed by atoms with Gasteiger partial charge < -0.3 is 0 Å². The average molecular weight is 464 g/mol. The van der Waals surface area contributed by atoms with Gasteiger partial charge in [0.2, 0.25) is 10.0 Å². The second-order valence-corrected chi connectivity index (χ2v) is 10.8. The quantitative estimate of drug-likeness (QED) is 0.487. The summed E-state index contributed by atoms with van der Waals surface area (Å²) < 4.78 is 25.1. The Bertz CT molecular complexity index is 1200. The fourth-order valence-corrected chi connectivity index (χ4v) is 5.54. The van der Waals surface area contributed by atoms with Crippen molar-refractivity contribution < 1.29 is 13.2 Å². The van der Waals surface area contributed by atoms with E-state index in [-0.39, 0.29) is 11.7 Å². The first-order chi connectivity index (χ1) is 15.8. The normalized spacial score (nSPS) is 16.4. The van der Waals surface area contributed by atoms with Crippen LogP contribution in [-0.4, -0.2) is 48.0 Å². The zero-order valence-corrected chi connectivity index (χ0v) is 19.8. The molecular weight excluding hydrogens is 434 g/mol. The van der Waals surface area contributed by atoms with E-state index >= 15 is 0 Å². The van der Waals surface area contributed by atoms with Crippen molar-refractivity contribution >= 4 is 15.8 Å².